The number of carbonyl (C=O) groups excluding carboxylic acids is 1. The minimum Gasteiger partial charge on any atom is -0.354 e. The van der Waals surface area contributed by atoms with Crippen LogP contribution in [0.15, 0.2) is 15.0 Å². The molecular weight excluding hydrogens is 162 g/mol. The summed E-state index contributed by atoms with van der Waals surface area (Å²) in [5.74, 6) is -1.89. The average Bonchev–Trinajstić information content (AvgIpc) is 2.32. The molecular formula is C5H5N5O2. The Morgan fingerprint density at radius 3 is 3.17 bits per heavy atom. The lowest BCUT2D eigenvalue weighted by atomic mass is 10.2. The van der Waals surface area contributed by atoms with Crippen LogP contribution >= 0.6 is 0 Å². The third-order valence-corrected chi connectivity index (χ3v) is 1.44. The van der Waals surface area contributed by atoms with Crippen molar-refractivity contribution in [3.05, 3.63) is 0 Å². The molecule has 0 saturated carbocycles. The van der Waals surface area contributed by atoms with Crippen molar-refractivity contribution >= 4 is 23.9 Å². The zero-order valence-electron chi connectivity index (χ0n) is 5.85. The summed E-state index contributed by atoms with van der Waals surface area (Å²) >= 11 is 0. The number of nitrogens with zero attached hydrogens (tertiary/aromatic N) is 3. The summed E-state index contributed by atoms with van der Waals surface area (Å²) in [5, 5.41) is 11.4. The van der Waals surface area contributed by atoms with Gasteiger partial charge >= 0.3 is 6.03 Å². The van der Waals surface area contributed by atoms with Crippen molar-refractivity contribution in [1.82, 2.24) is 5.32 Å². The van der Waals surface area contributed by atoms with E-state index in [2.05, 4.69) is 15.0 Å². The standard InChI is InChI=1S/C5H5N5O2/c6-5(12)2-3(8-1-7-2)9-4(11)10-5/h1,12H,6H2,(H,10,11). The van der Waals surface area contributed by atoms with Gasteiger partial charge in [-0.05, 0) is 0 Å². The third kappa shape index (κ3) is 0.840. The van der Waals surface area contributed by atoms with E-state index in [1.54, 1.807) is 0 Å². The highest BCUT2D eigenvalue weighted by atomic mass is 16.3. The molecule has 62 valence electrons. The van der Waals surface area contributed by atoms with Gasteiger partial charge in [-0.3, -0.25) is 11.1 Å². The highest BCUT2D eigenvalue weighted by Gasteiger charge is 2.39. The van der Waals surface area contributed by atoms with Crippen LogP contribution in [-0.2, 0) is 0 Å². The van der Waals surface area contributed by atoms with Crippen LogP contribution in [0.1, 0.15) is 0 Å². The fourth-order valence-electron chi connectivity index (χ4n) is 0.957. The lowest BCUT2D eigenvalue weighted by Crippen LogP contribution is -2.64. The van der Waals surface area contributed by atoms with Crippen molar-refractivity contribution in [3.8, 4) is 0 Å². The smallest absolute Gasteiger partial charge is 0.346 e. The molecule has 0 spiro atoms. The quantitative estimate of drug-likeness (QED) is 0.370. The second-order valence-electron chi connectivity index (χ2n) is 2.35. The molecule has 12 heavy (non-hydrogen) atoms. The number of nitrogens with two attached hydrogens (primary N) is 1. The number of carbonyl (C=O) groups is 1. The number of nitrogens with one attached hydrogen (secondary N) is 1. The van der Waals surface area contributed by atoms with Crippen molar-refractivity contribution in [2.24, 2.45) is 20.7 Å². The van der Waals surface area contributed by atoms with Crippen molar-refractivity contribution in [2.45, 2.75) is 5.85 Å². The van der Waals surface area contributed by atoms with Gasteiger partial charge in [0.15, 0.2) is 11.5 Å². The van der Waals surface area contributed by atoms with Crippen LogP contribution in [0, 0.1) is 0 Å². The number of urea groups is 1. The lowest BCUT2D eigenvalue weighted by Gasteiger charge is -2.25. The topological polar surface area (TPSA) is 112 Å². The summed E-state index contributed by atoms with van der Waals surface area (Å²) in [5.41, 5.74) is 5.34. The number of fused-ring (bicyclic) bond motifs is 1. The lowest BCUT2D eigenvalue weighted by molar-refractivity contribution is 0.0934. The summed E-state index contributed by atoms with van der Waals surface area (Å²) in [4.78, 5) is 21.5. The van der Waals surface area contributed by atoms with Crippen LogP contribution in [0.5, 0.6) is 0 Å². The summed E-state index contributed by atoms with van der Waals surface area (Å²) in [6.07, 6.45) is 1.17. The molecule has 2 aliphatic heterocycles. The van der Waals surface area contributed by atoms with Crippen LogP contribution < -0.4 is 11.1 Å². The molecule has 0 aromatic rings. The molecule has 0 aromatic carbocycles. The molecule has 2 heterocycles. The Labute approximate surface area is 66.7 Å². The Balaban J connectivity index is 2.51. The predicted octanol–water partition coefficient (Wildman–Crippen LogP) is -1.80. The molecule has 4 N–H and O–H groups in total. The van der Waals surface area contributed by atoms with E-state index in [4.69, 9.17) is 5.73 Å². The molecule has 0 radical (unpaired) electrons. The molecule has 0 aliphatic carbocycles. The SMILES string of the molecule is NC1(O)NC(=O)N=C2N=CN=C21. The van der Waals surface area contributed by atoms with Crippen molar-refractivity contribution < 1.29 is 9.90 Å². The van der Waals surface area contributed by atoms with Gasteiger partial charge in [0.2, 0.25) is 5.85 Å². The number of rotatable bonds is 0. The Bertz CT molecular complexity index is 340. The number of aliphatic imine (C=N–C) groups is 3. The van der Waals surface area contributed by atoms with Crippen LogP contribution in [0.25, 0.3) is 0 Å². The first-order valence-corrected chi connectivity index (χ1v) is 3.13. The van der Waals surface area contributed by atoms with Gasteiger partial charge < -0.3 is 5.11 Å². The van der Waals surface area contributed by atoms with Crippen LogP contribution in [-0.4, -0.2) is 34.9 Å². The minimum absolute atomic E-state index is 0.0575. The van der Waals surface area contributed by atoms with Crippen LogP contribution in [0.4, 0.5) is 4.79 Å². The zero-order chi connectivity index (χ0) is 8.77. The molecule has 0 saturated heterocycles. The van der Waals surface area contributed by atoms with Gasteiger partial charge in [-0.15, -0.1) is 0 Å². The molecule has 0 aromatic heterocycles. The van der Waals surface area contributed by atoms with E-state index in [9.17, 15) is 9.90 Å². The van der Waals surface area contributed by atoms with E-state index in [1.165, 1.54) is 6.34 Å². The van der Waals surface area contributed by atoms with Crippen molar-refractivity contribution in [2.75, 3.05) is 0 Å². The number of amidine groups is 1. The zero-order valence-corrected chi connectivity index (χ0v) is 5.85. The maximum atomic E-state index is 10.8. The normalized spacial score (nSPS) is 32.3. The van der Waals surface area contributed by atoms with E-state index >= 15 is 0 Å². The fourth-order valence-corrected chi connectivity index (χ4v) is 0.957. The summed E-state index contributed by atoms with van der Waals surface area (Å²) in [6.45, 7) is 0. The molecule has 7 heteroatoms. The van der Waals surface area contributed by atoms with Gasteiger partial charge in [0.1, 0.15) is 6.34 Å². The maximum Gasteiger partial charge on any atom is 0.346 e. The molecule has 0 fully saturated rings. The Morgan fingerprint density at radius 1 is 1.67 bits per heavy atom. The second-order valence-corrected chi connectivity index (χ2v) is 2.35. The predicted molar refractivity (Wildman–Crippen MR) is 41.0 cm³/mol. The van der Waals surface area contributed by atoms with E-state index in [0.29, 0.717) is 0 Å². The maximum absolute atomic E-state index is 10.8. The average molecular weight is 167 g/mol. The molecule has 2 amide bonds. The van der Waals surface area contributed by atoms with E-state index in [0.717, 1.165) is 0 Å². The summed E-state index contributed by atoms with van der Waals surface area (Å²) in [6, 6.07) is -0.729. The monoisotopic (exact) mass is 167 g/mol. The highest BCUT2D eigenvalue weighted by Crippen LogP contribution is 2.09. The van der Waals surface area contributed by atoms with Crippen molar-refractivity contribution in [1.29, 1.82) is 0 Å². The van der Waals surface area contributed by atoms with Gasteiger partial charge in [0.05, 0.1) is 0 Å². The number of aliphatic hydroxyl groups is 1. The molecule has 2 aliphatic rings. The van der Waals surface area contributed by atoms with Gasteiger partial charge in [0, 0.05) is 0 Å². The molecule has 1 atom stereocenters. The second kappa shape index (κ2) is 1.96. The first-order valence-electron chi connectivity index (χ1n) is 3.13. The van der Waals surface area contributed by atoms with Gasteiger partial charge in [-0.1, -0.05) is 0 Å². The summed E-state index contributed by atoms with van der Waals surface area (Å²) in [7, 11) is 0. The van der Waals surface area contributed by atoms with Crippen LogP contribution in [0.2, 0.25) is 0 Å². The number of hydrogen-bond acceptors (Lipinski definition) is 5. The minimum atomic E-state index is -1.95. The Kier molecular flexibility index (Phi) is 1.15. The van der Waals surface area contributed by atoms with E-state index in [-0.39, 0.29) is 11.5 Å². The first kappa shape index (κ1) is 7.07. The fraction of sp³-hybridized carbons (Fsp3) is 0.200. The first-order chi connectivity index (χ1) is 5.59. The Hall–Kier alpha value is -1.60. The number of hydrogen-bond donors (Lipinski definition) is 3. The molecule has 0 bridgehead atoms. The van der Waals surface area contributed by atoms with Crippen molar-refractivity contribution in [3.63, 3.8) is 0 Å². The van der Waals surface area contributed by atoms with Gasteiger partial charge in [-0.25, -0.2) is 14.8 Å². The number of amides is 2. The largest absolute Gasteiger partial charge is 0.354 e. The van der Waals surface area contributed by atoms with Crippen LogP contribution in [0.3, 0.4) is 0 Å². The third-order valence-electron chi connectivity index (χ3n) is 1.44. The molecule has 7 nitrogen and oxygen atoms in total. The summed E-state index contributed by atoms with van der Waals surface area (Å²) < 4.78 is 0. The van der Waals surface area contributed by atoms with E-state index < -0.39 is 11.9 Å². The van der Waals surface area contributed by atoms with Gasteiger partial charge in [-0.2, -0.15) is 4.99 Å². The van der Waals surface area contributed by atoms with Gasteiger partial charge in [0.25, 0.3) is 0 Å². The molecule has 1 unspecified atom stereocenters. The van der Waals surface area contributed by atoms with E-state index in [1.807, 2.05) is 5.32 Å². The Morgan fingerprint density at radius 2 is 2.42 bits per heavy atom. The highest BCUT2D eigenvalue weighted by molar-refractivity contribution is 6.50. The molecule has 2 rings (SSSR count).